The zero-order valence-electron chi connectivity index (χ0n) is 14.3. The van der Waals surface area contributed by atoms with Gasteiger partial charge in [0.25, 0.3) is 0 Å². The summed E-state index contributed by atoms with van der Waals surface area (Å²) in [6.45, 7) is 8.85. The summed E-state index contributed by atoms with van der Waals surface area (Å²) in [5, 5.41) is 6.08. The van der Waals surface area contributed by atoms with Gasteiger partial charge in [-0.05, 0) is 37.5 Å². The molecule has 0 aromatic carbocycles. The molecule has 2 N–H and O–H groups in total. The fraction of sp³-hybridized carbons (Fsp3) is 0.875. The standard InChI is InChI=1S/C16H31N3O2/c1-11-9-16(3,4)8-7-13(11)17-10-14(20)18-12(2)15(21)19(5)6/h11-13,17H,7-10H2,1-6H3,(H,18,20)/t11-,12+,13-/m1/s1. The van der Waals surface area contributed by atoms with Crippen LogP contribution in [0.1, 0.15) is 47.0 Å². The van der Waals surface area contributed by atoms with Crippen LogP contribution >= 0.6 is 0 Å². The van der Waals surface area contributed by atoms with Crippen LogP contribution in [-0.2, 0) is 9.59 Å². The van der Waals surface area contributed by atoms with E-state index in [2.05, 4.69) is 31.4 Å². The van der Waals surface area contributed by atoms with E-state index < -0.39 is 6.04 Å². The van der Waals surface area contributed by atoms with Crippen LogP contribution in [0.5, 0.6) is 0 Å². The van der Waals surface area contributed by atoms with Crippen LogP contribution in [0, 0.1) is 11.3 Å². The SMILES string of the molecule is C[C@H](NC(=O)CN[C@@H]1CCC(C)(C)C[C@H]1C)C(=O)N(C)C. The molecule has 0 aromatic heterocycles. The van der Waals surface area contributed by atoms with Crippen LogP contribution in [0.4, 0.5) is 0 Å². The molecule has 0 aliphatic heterocycles. The van der Waals surface area contributed by atoms with E-state index in [4.69, 9.17) is 0 Å². The average Bonchev–Trinajstić information content (AvgIpc) is 2.35. The van der Waals surface area contributed by atoms with Crippen molar-refractivity contribution >= 4 is 11.8 Å². The van der Waals surface area contributed by atoms with Gasteiger partial charge in [0.15, 0.2) is 0 Å². The quantitative estimate of drug-likeness (QED) is 0.806. The maximum absolute atomic E-state index is 11.9. The van der Waals surface area contributed by atoms with E-state index in [-0.39, 0.29) is 18.4 Å². The van der Waals surface area contributed by atoms with Crippen LogP contribution in [0.15, 0.2) is 0 Å². The molecule has 3 atom stereocenters. The van der Waals surface area contributed by atoms with Gasteiger partial charge in [0.1, 0.15) is 6.04 Å². The topological polar surface area (TPSA) is 61.4 Å². The van der Waals surface area contributed by atoms with E-state index in [1.165, 1.54) is 17.7 Å². The second-order valence-electron chi connectivity index (χ2n) is 7.39. The molecule has 1 fully saturated rings. The summed E-state index contributed by atoms with van der Waals surface area (Å²) in [6.07, 6.45) is 3.47. The molecule has 2 amide bonds. The van der Waals surface area contributed by atoms with Crippen molar-refractivity contribution in [1.82, 2.24) is 15.5 Å². The summed E-state index contributed by atoms with van der Waals surface area (Å²) >= 11 is 0. The third-order valence-corrected chi connectivity index (χ3v) is 4.41. The average molecular weight is 297 g/mol. The third-order valence-electron chi connectivity index (χ3n) is 4.41. The van der Waals surface area contributed by atoms with Gasteiger partial charge in [0.2, 0.25) is 11.8 Å². The molecule has 0 spiro atoms. The first-order chi connectivity index (χ1) is 9.62. The molecule has 0 radical (unpaired) electrons. The first-order valence-corrected chi connectivity index (χ1v) is 7.86. The zero-order chi connectivity index (χ0) is 16.2. The van der Waals surface area contributed by atoms with E-state index >= 15 is 0 Å². The van der Waals surface area contributed by atoms with Crippen LogP contribution in [0.2, 0.25) is 0 Å². The highest BCUT2D eigenvalue weighted by molar-refractivity contribution is 5.87. The Morgan fingerprint density at radius 1 is 1.33 bits per heavy atom. The molecule has 1 rings (SSSR count). The van der Waals surface area contributed by atoms with Crippen molar-refractivity contribution in [3.63, 3.8) is 0 Å². The number of nitrogens with zero attached hydrogens (tertiary/aromatic N) is 1. The van der Waals surface area contributed by atoms with Gasteiger partial charge in [-0.2, -0.15) is 0 Å². The summed E-state index contributed by atoms with van der Waals surface area (Å²) in [4.78, 5) is 25.1. The molecule has 0 saturated heterocycles. The van der Waals surface area contributed by atoms with Crippen LogP contribution in [0.25, 0.3) is 0 Å². The molecule has 21 heavy (non-hydrogen) atoms. The molecule has 1 aliphatic carbocycles. The lowest BCUT2D eigenvalue weighted by Crippen LogP contribution is -2.49. The number of rotatable bonds is 5. The summed E-state index contributed by atoms with van der Waals surface area (Å²) in [5.41, 5.74) is 0.409. The van der Waals surface area contributed by atoms with Crippen LogP contribution in [0.3, 0.4) is 0 Å². The third kappa shape index (κ3) is 5.65. The van der Waals surface area contributed by atoms with Crippen molar-refractivity contribution in [2.24, 2.45) is 11.3 Å². The van der Waals surface area contributed by atoms with Crippen molar-refractivity contribution in [3.8, 4) is 0 Å². The molecule has 0 heterocycles. The van der Waals surface area contributed by atoms with Gasteiger partial charge in [-0.15, -0.1) is 0 Å². The van der Waals surface area contributed by atoms with E-state index in [1.54, 1.807) is 21.0 Å². The number of hydrogen-bond acceptors (Lipinski definition) is 3. The molecule has 1 saturated carbocycles. The molecular formula is C16H31N3O2. The highest BCUT2D eigenvalue weighted by Gasteiger charge is 2.32. The van der Waals surface area contributed by atoms with Gasteiger partial charge >= 0.3 is 0 Å². The van der Waals surface area contributed by atoms with Gasteiger partial charge in [0.05, 0.1) is 6.54 Å². The van der Waals surface area contributed by atoms with Gasteiger partial charge in [-0.3, -0.25) is 9.59 Å². The van der Waals surface area contributed by atoms with E-state index in [0.717, 1.165) is 6.42 Å². The number of likely N-dealkylation sites (N-methyl/N-ethyl adjacent to an activating group) is 1. The lowest BCUT2D eigenvalue weighted by molar-refractivity contribution is -0.133. The molecule has 0 bridgehead atoms. The molecule has 122 valence electrons. The molecule has 1 aliphatic rings. The second-order valence-corrected chi connectivity index (χ2v) is 7.39. The maximum Gasteiger partial charge on any atom is 0.244 e. The van der Waals surface area contributed by atoms with Crippen molar-refractivity contribution in [2.45, 2.75) is 59.0 Å². The molecule has 0 unspecified atom stereocenters. The molecule has 5 nitrogen and oxygen atoms in total. The Kier molecular flexibility index (Phi) is 6.20. The predicted molar refractivity (Wildman–Crippen MR) is 84.9 cm³/mol. The summed E-state index contributed by atoms with van der Waals surface area (Å²) < 4.78 is 0. The number of amides is 2. The van der Waals surface area contributed by atoms with Gasteiger partial charge < -0.3 is 15.5 Å². The summed E-state index contributed by atoms with van der Waals surface area (Å²) in [5.74, 6) is 0.369. The summed E-state index contributed by atoms with van der Waals surface area (Å²) in [6, 6.07) is -0.0827. The van der Waals surface area contributed by atoms with E-state index in [0.29, 0.717) is 17.4 Å². The molecule has 0 aromatic rings. The fourth-order valence-electron chi connectivity index (χ4n) is 3.22. The Bertz CT molecular complexity index is 380. The largest absolute Gasteiger partial charge is 0.347 e. The smallest absolute Gasteiger partial charge is 0.244 e. The van der Waals surface area contributed by atoms with Crippen molar-refractivity contribution in [3.05, 3.63) is 0 Å². The monoisotopic (exact) mass is 297 g/mol. The second kappa shape index (κ2) is 7.25. The lowest BCUT2D eigenvalue weighted by atomic mass is 9.70. The van der Waals surface area contributed by atoms with Gasteiger partial charge in [-0.1, -0.05) is 20.8 Å². The first-order valence-electron chi connectivity index (χ1n) is 7.86. The minimum Gasteiger partial charge on any atom is -0.347 e. The predicted octanol–water partition coefficient (Wildman–Crippen LogP) is 1.38. The molecule has 5 heteroatoms. The minimum absolute atomic E-state index is 0.0869. The Morgan fingerprint density at radius 3 is 2.48 bits per heavy atom. The number of nitrogens with one attached hydrogen (secondary N) is 2. The first kappa shape index (κ1) is 18.0. The van der Waals surface area contributed by atoms with Crippen LogP contribution < -0.4 is 10.6 Å². The highest BCUT2D eigenvalue weighted by atomic mass is 16.2. The van der Waals surface area contributed by atoms with Crippen LogP contribution in [-0.4, -0.2) is 49.4 Å². The zero-order valence-corrected chi connectivity index (χ0v) is 14.3. The van der Waals surface area contributed by atoms with E-state index in [9.17, 15) is 9.59 Å². The Labute approximate surface area is 128 Å². The minimum atomic E-state index is -0.475. The Hall–Kier alpha value is -1.10. The summed E-state index contributed by atoms with van der Waals surface area (Å²) in [7, 11) is 3.38. The highest BCUT2D eigenvalue weighted by Crippen LogP contribution is 2.38. The lowest BCUT2D eigenvalue weighted by Gasteiger charge is -2.39. The molecular weight excluding hydrogens is 266 g/mol. The Balaban J connectivity index is 2.35. The van der Waals surface area contributed by atoms with Crippen molar-refractivity contribution < 1.29 is 9.59 Å². The maximum atomic E-state index is 11.9. The Morgan fingerprint density at radius 2 is 1.95 bits per heavy atom. The van der Waals surface area contributed by atoms with Gasteiger partial charge in [0, 0.05) is 20.1 Å². The van der Waals surface area contributed by atoms with Crippen molar-refractivity contribution in [1.29, 1.82) is 0 Å². The normalized spacial score (nSPS) is 26.0. The van der Waals surface area contributed by atoms with Crippen molar-refractivity contribution in [2.75, 3.05) is 20.6 Å². The van der Waals surface area contributed by atoms with Gasteiger partial charge in [-0.25, -0.2) is 0 Å². The number of hydrogen-bond donors (Lipinski definition) is 2. The number of carbonyl (C=O) groups is 2. The fourth-order valence-corrected chi connectivity index (χ4v) is 3.22. The number of carbonyl (C=O) groups excluding carboxylic acids is 2. The van der Waals surface area contributed by atoms with E-state index in [1.807, 2.05) is 0 Å².